The maximum Gasteiger partial charge on any atom is 0.223 e. The summed E-state index contributed by atoms with van der Waals surface area (Å²) in [6, 6.07) is 10.9. The van der Waals surface area contributed by atoms with Crippen LogP contribution in [0.25, 0.3) is 6.08 Å². The van der Waals surface area contributed by atoms with Crippen LogP contribution in [0.15, 0.2) is 35.9 Å². The fourth-order valence-electron chi connectivity index (χ4n) is 4.65. The van der Waals surface area contributed by atoms with E-state index >= 15 is 0 Å². The van der Waals surface area contributed by atoms with Crippen molar-refractivity contribution in [3.63, 3.8) is 0 Å². The highest BCUT2D eigenvalue weighted by atomic mass is 16.1. The second kappa shape index (κ2) is 10.7. The van der Waals surface area contributed by atoms with Crippen LogP contribution in [0.4, 0.5) is 0 Å². The Morgan fingerprint density at radius 2 is 1.81 bits per heavy atom. The van der Waals surface area contributed by atoms with Gasteiger partial charge in [-0.1, -0.05) is 61.2 Å². The van der Waals surface area contributed by atoms with Gasteiger partial charge in [0.25, 0.3) is 0 Å². The first-order chi connectivity index (χ1) is 13.2. The van der Waals surface area contributed by atoms with Crippen molar-refractivity contribution in [3.05, 3.63) is 41.5 Å². The van der Waals surface area contributed by atoms with Gasteiger partial charge >= 0.3 is 0 Å². The van der Waals surface area contributed by atoms with Crippen molar-refractivity contribution in [2.24, 2.45) is 11.8 Å². The molecule has 3 nitrogen and oxygen atoms in total. The van der Waals surface area contributed by atoms with Gasteiger partial charge in [-0.2, -0.15) is 0 Å². The highest BCUT2D eigenvalue weighted by Gasteiger charge is 2.26. The molecule has 0 aromatic heterocycles. The summed E-state index contributed by atoms with van der Waals surface area (Å²) in [5.74, 6) is 1.08. The van der Waals surface area contributed by atoms with E-state index in [1.807, 2.05) is 6.07 Å². The molecule has 0 spiro atoms. The largest absolute Gasteiger partial charge is 0.353 e. The molecule has 1 saturated carbocycles. The van der Waals surface area contributed by atoms with Crippen LogP contribution in [-0.2, 0) is 4.79 Å². The van der Waals surface area contributed by atoms with E-state index in [2.05, 4.69) is 47.9 Å². The van der Waals surface area contributed by atoms with E-state index < -0.39 is 0 Å². The summed E-state index contributed by atoms with van der Waals surface area (Å²) >= 11 is 0. The van der Waals surface area contributed by atoms with Crippen LogP contribution >= 0.6 is 0 Å². The SMILES string of the molecule is C/C(=C\c1ccccc1)CC(CC1CCNCC1)C(=O)NC1CCCCC1. The monoisotopic (exact) mass is 368 g/mol. The number of carbonyl (C=O) groups is 1. The molecule has 1 heterocycles. The lowest BCUT2D eigenvalue weighted by Crippen LogP contribution is -2.41. The van der Waals surface area contributed by atoms with Crippen molar-refractivity contribution < 1.29 is 4.79 Å². The van der Waals surface area contributed by atoms with Gasteiger partial charge in [0, 0.05) is 12.0 Å². The average molecular weight is 369 g/mol. The molecule has 1 atom stereocenters. The van der Waals surface area contributed by atoms with Crippen LogP contribution in [-0.4, -0.2) is 25.0 Å². The fourth-order valence-corrected chi connectivity index (χ4v) is 4.65. The van der Waals surface area contributed by atoms with Gasteiger partial charge in [-0.05, 0) is 70.0 Å². The molecule has 1 amide bonds. The number of hydrogen-bond acceptors (Lipinski definition) is 2. The predicted molar refractivity (Wildman–Crippen MR) is 113 cm³/mol. The Balaban J connectivity index is 1.64. The minimum atomic E-state index is 0.106. The van der Waals surface area contributed by atoms with Gasteiger partial charge in [0.1, 0.15) is 0 Å². The van der Waals surface area contributed by atoms with Gasteiger partial charge in [-0.15, -0.1) is 0 Å². The number of rotatable bonds is 7. The van der Waals surface area contributed by atoms with E-state index in [-0.39, 0.29) is 5.92 Å². The summed E-state index contributed by atoms with van der Waals surface area (Å²) in [5.41, 5.74) is 2.53. The van der Waals surface area contributed by atoms with E-state index in [0.717, 1.165) is 38.8 Å². The number of amides is 1. The number of benzene rings is 1. The van der Waals surface area contributed by atoms with Gasteiger partial charge in [0.2, 0.25) is 5.91 Å². The minimum Gasteiger partial charge on any atom is -0.353 e. The molecule has 1 unspecified atom stereocenters. The normalized spacial score (nSPS) is 21.0. The van der Waals surface area contributed by atoms with Crippen LogP contribution in [0.5, 0.6) is 0 Å². The number of carbonyl (C=O) groups excluding carboxylic acids is 1. The molecule has 148 valence electrons. The third-order valence-corrected chi connectivity index (χ3v) is 6.18. The molecule has 1 aliphatic carbocycles. The van der Waals surface area contributed by atoms with E-state index in [0.29, 0.717) is 17.9 Å². The summed E-state index contributed by atoms with van der Waals surface area (Å²) < 4.78 is 0. The van der Waals surface area contributed by atoms with Gasteiger partial charge < -0.3 is 10.6 Å². The number of piperidine rings is 1. The molecule has 3 rings (SSSR count). The molecular weight excluding hydrogens is 332 g/mol. The lowest BCUT2D eigenvalue weighted by atomic mass is 9.83. The number of allylic oxidation sites excluding steroid dienone is 1. The van der Waals surface area contributed by atoms with E-state index in [4.69, 9.17) is 0 Å². The van der Waals surface area contributed by atoms with Crippen molar-refractivity contribution >= 4 is 12.0 Å². The van der Waals surface area contributed by atoms with E-state index in [9.17, 15) is 4.79 Å². The first-order valence-electron chi connectivity index (χ1n) is 10.9. The molecule has 2 fully saturated rings. The summed E-state index contributed by atoms with van der Waals surface area (Å²) in [4.78, 5) is 13.1. The summed E-state index contributed by atoms with van der Waals surface area (Å²) in [6.45, 7) is 4.37. The zero-order chi connectivity index (χ0) is 18.9. The standard InChI is InChI=1S/C24H36N2O/c1-19(16-20-8-4-2-5-9-20)17-22(18-21-12-14-25-15-13-21)24(27)26-23-10-6-3-7-11-23/h2,4-5,8-9,16,21-23,25H,3,6-7,10-15,17-18H2,1H3,(H,26,27)/b19-16+. The quantitative estimate of drug-likeness (QED) is 0.716. The maximum absolute atomic E-state index is 13.1. The molecular formula is C24H36N2O. The third kappa shape index (κ3) is 6.80. The van der Waals surface area contributed by atoms with Gasteiger partial charge in [-0.25, -0.2) is 0 Å². The molecule has 1 aromatic rings. The van der Waals surface area contributed by atoms with E-state index in [1.54, 1.807) is 0 Å². The minimum absolute atomic E-state index is 0.106. The molecule has 0 bridgehead atoms. The zero-order valence-corrected chi connectivity index (χ0v) is 16.9. The lowest BCUT2D eigenvalue weighted by Gasteiger charge is -2.29. The van der Waals surface area contributed by atoms with Crippen LogP contribution in [0.1, 0.15) is 70.3 Å². The molecule has 1 saturated heterocycles. The van der Waals surface area contributed by atoms with Crippen molar-refractivity contribution in [1.29, 1.82) is 0 Å². The fraction of sp³-hybridized carbons (Fsp3) is 0.625. The van der Waals surface area contributed by atoms with Crippen molar-refractivity contribution in [2.45, 2.75) is 70.8 Å². The molecule has 1 aromatic carbocycles. The Bertz CT molecular complexity index is 598. The Hall–Kier alpha value is -1.61. The van der Waals surface area contributed by atoms with Crippen molar-refractivity contribution in [3.8, 4) is 0 Å². The molecule has 1 aliphatic heterocycles. The second-order valence-electron chi connectivity index (χ2n) is 8.58. The highest BCUT2D eigenvalue weighted by Crippen LogP contribution is 2.27. The third-order valence-electron chi connectivity index (χ3n) is 6.18. The summed E-state index contributed by atoms with van der Waals surface area (Å²) in [7, 11) is 0. The second-order valence-corrected chi connectivity index (χ2v) is 8.58. The van der Waals surface area contributed by atoms with Gasteiger partial charge in [0.05, 0.1) is 0 Å². The maximum atomic E-state index is 13.1. The Kier molecular flexibility index (Phi) is 7.94. The summed E-state index contributed by atoms with van der Waals surface area (Å²) in [5, 5.41) is 6.84. The van der Waals surface area contributed by atoms with Crippen LogP contribution in [0.2, 0.25) is 0 Å². The highest BCUT2D eigenvalue weighted by molar-refractivity contribution is 5.79. The molecule has 0 radical (unpaired) electrons. The van der Waals surface area contributed by atoms with Crippen LogP contribution in [0.3, 0.4) is 0 Å². The van der Waals surface area contributed by atoms with Gasteiger partial charge in [-0.3, -0.25) is 4.79 Å². The van der Waals surface area contributed by atoms with E-state index in [1.165, 1.54) is 43.2 Å². The molecule has 2 N–H and O–H groups in total. The molecule has 3 heteroatoms. The van der Waals surface area contributed by atoms with Gasteiger partial charge in [0.15, 0.2) is 0 Å². The van der Waals surface area contributed by atoms with Crippen LogP contribution < -0.4 is 10.6 Å². The smallest absolute Gasteiger partial charge is 0.223 e. The topological polar surface area (TPSA) is 41.1 Å². The molecule has 27 heavy (non-hydrogen) atoms. The van der Waals surface area contributed by atoms with Crippen molar-refractivity contribution in [2.75, 3.05) is 13.1 Å². The molecule has 2 aliphatic rings. The predicted octanol–water partition coefficient (Wildman–Crippen LogP) is 4.93. The Labute approximate surface area is 165 Å². The Morgan fingerprint density at radius 1 is 1.11 bits per heavy atom. The zero-order valence-electron chi connectivity index (χ0n) is 16.9. The van der Waals surface area contributed by atoms with Crippen LogP contribution in [0, 0.1) is 11.8 Å². The number of nitrogens with one attached hydrogen (secondary N) is 2. The lowest BCUT2D eigenvalue weighted by molar-refractivity contribution is -0.126. The first-order valence-corrected chi connectivity index (χ1v) is 10.9. The average Bonchev–Trinajstić information content (AvgIpc) is 2.70. The Morgan fingerprint density at radius 3 is 2.52 bits per heavy atom. The van der Waals surface area contributed by atoms with Crippen molar-refractivity contribution in [1.82, 2.24) is 10.6 Å². The summed E-state index contributed by atoms with van der Waals surface area (Å²) in [6.07, 6.45) is 12.7. The number of hydrogen-bond donors (Lipinski definition) is 2. The first kappa shape index (κ1) is 20.1.